The highest BCUT2D eigenvalue weighted by Crippen LogP contribution is 2.59. The fourth-order valence-corrected chi connectivity index (χ4v) is 9.59. The SMILES string of the molecule is c1ccc(C2(c3ccccc3)c3ccccc3-c3c(N(c4ccc(-c5ccc(-c6cccc7ccccc67)cc5)cc4)c4cccc5ccccc45)cccc32)cc1. The molecule has 0 heterocycles. The summed E-state index contributed by atoms with van der Waals surface area (Å²) in [5.41, 5.74) is 15.4. The first kappa shape index (κ1) is 33.8. The van der Waals surface area contributed by atoms with Crippen LogP contribution in [-0.4, -0.2) is 0 Å². The number of rotatable bonds is 7. The zero-order valence-corrected chi connectivity index (χ0v) is 32.0. The molecule has 272 valence electrons. The molecule has 0 aromatic heterocycles. The summed E-state index contributed by atoms with van der Waals surface area (Å²) < 4.78 is 0. The van der Waals surface area contributed by atoms with E-state index in [1.165, 1.54) is 77.2 Å². The molecule has 0 saturated carbocycles. The molecular formula is C57H39N. The minimum absolute atomic E-state index is 0.489. The Balaban J connectivity index is 1.09. The molecule has 10 aromatic carbocycles. The van der Waals surface area contributed by atoms with E-state index in [0.29, 0.717) is 0 Å². The summed E-state index contributed by atoms with van der Waals surface area (Å²) in [4.78, 5) is 2.48. The van der Waals surface area contributed by atoms with E-state index in [1.54, 1.807) is 0 Å². The van der Waals surface area contributed by atoms with Crippen LogP contribution < -0.4 is 4.90 Å². The Hall–Kier alpha value is -7.48. The van der Waals surface area contributed by atoms with Crippen LogP contribution >= 0.6 is 0 Å². The van der Waals surface area contributed by atoms with Crippen LogP contribution in [0.2, 0.25) is 0 Å². The molecule has 0 fully saturated rings. The number of benzene rings is 10. The van der Waals surface area contributed by atoms with Gasteiger partial charge in [-0.15, -0.1) is 0 Å². The Kier molecular flexibility index (Phi) is 8.12. The normalized spacial score (nSPS) is 12.6. The van der Waals surface area contributed by atoms with Crippen molar-refractivity contribution in [2.75, 3.05) is 4.90 Å². The number of fused-ring (bicyclic) bond motifs is 5. The van der Waals surface area contributed by atoms with Gasteiger partial charge in [-0.1, -0.05) is 212 Å². The van der Waals surface area contributed by atoms with Gasteiger partial charge in [-0.25, -0.2) is 0 Å². The molecule has 0 N–H and O–H groups in total. The van der Waals surface area contributed by atoms with Gasteiger partial charge in [0.15, 0.2) is 0 Å². The van der Waals surface area contributed by atoms with Crippen molar-refractivity contribution < 1.29 is 0 Å². The highest BCUT2D eigenvalue weighted by Gasteiger charge is 2.47. The van der Waals surface area contributed by atoms with Crippen LogP contribution in [0.1, 0.15) is 22.3 Å². The molecule has 0 atom stereocenters. The topological polar surface area (TPSA) is 3.24 Å². The van der Waals surface area contributed by atoms with E-state index in [9.17, 15) is 0 Å². The van der Waals surface area contributed by atoms with E-state index in [0.717, 1.165) is 17.1 Å². The van der Waals surface area contributed by atoms with Crippen molar-refractivity contribution in [2.24, 2.45) is 0 Å². The van der Waals surface area contributed by atoms with Crippen LogP contribution in [0.15, 0.2) is 237 Å². The van der Waals surface area contributed by atoms with Crippen molar-refractivity contribution in [2.45, 2.75) is 5.41 Å². The Morgan fingerprint density at radius 2 is 0.759 bits per heavy atom. The monoisotopic (exact) mass is 737 g/mol. The predicted molar refractivity (Wildman–Crippen MR) is 244 cm³/mol. The molecule has 11 rings (SSSR count). The molecule has 10 aromatic rings. The maximum absolute atomic E-state index is 2.48. The minimum atomic E-state index is -0.489. The number of hydrogen-bond donors (Lipinski definition) is 0. The van der Waals surface area contributed by atoms with Gasteiger partial charge in [0, 0.05) is 16.6 Å². The molecule has 0 unspecified atom stereocenters. The first-order valence-electron chi connectivity index (χ1n) is 20.1. The van der Waals surface area contributed by atoms with E-state index < -0.39 is 5.41 Å². The average Bonchev–Trinajstić information content (AvgIpc) is 3.61. The van der Waals surface area contributed by atoms with Gasteiger partial charge in [0.1, 0.15) is 0 Å². The quantitative estimate of drug-likeness (QED) is 0.157. The number of anilines is 3. The Labute approximate surface area is 339 Å². The van der Waals surface area contributed by atoms with Gasteiger partial charge < -0.3 is 4.90 Å². The summed E-state index contributed by atoms with van der Waals surface area (Å²) in [5, 5.41) is 4.95. The highest BCUT2D eigenvalue weighted by atomic mass is 15.1. The van der Waals surface area contributed by atoms with Crippen molar-refractivity contribution in [3.05, 3.63) is 259 Å². The summed E-state index contributed by atoms with van der Waals surface area (Å²) in [6, 6.07) is 86.8. The van der Waals surface area contributed by atoms with Crippen molar-refractivity contribution in [1.82, 2.24) is 0 Å². The van der Waals surface area contributed by atoms with Crippen molar-refractivity contribution in [3.8, 4) is 33.4 Å². The van der Waals surface area contributed by atoms with E-state index >= 15 is 0 Å². The van der Waals surface area contributed by atoms with Crippen molar-refractivity contribution >= 4 is 38.6 Å². The first-order chi connectivity index (χ1) is 28.8. The fraction of sp³-hybridized carbons (Fsp3) is 0.0175. The lowest BCUT2D eigenvalue weighted by atomic mass is 9.68. The maximum atomic E-state index is 2.48. The molecule has 0 radical (unpaired) electrons. The van der Waals surface area contributed by atoms with E-state index in [2.05, 4.69) is 241 Å². The third kappa shape index (κ3) is 5.32. The van der Waals surface area contributed by atoms with Gasteiger partial charge in [-0.2, -0.15) is 0 Å². The van der Waals surface area contributed by atoms with E-state index in [1.807, 2.05) is 0 Å². The molecule has 0 bridgehead atoms. The van der Waals surface area contributed by atoms with E-state index in [4.69, 9.17) is 0 Å². The lowest BCUT2D eigenvalue weighted by molar-refractivity contribution is 0.768. The second-order valence-electron chi connectivity index (χ2n) is 15.2. The van der Waals surface area contributed by atoms with Crippen LogP contribution in [0.3, 0.4) is 0 Å². The van der Waals surface area contributed by atoms with Crippen LogP contribution in [-0.2, 0) is 5.41 Å². The van der Waals surface area contributed by atoms with Crippen LogP contribution in [0, 0.1) is 0 Å². The number of nitrogens with zero attached hydrogens (tertiary/aromatic N) is 1. The van der Waals surface area contributed by atoms with Crippen LogP contribution in [0.5, 0.6) is 0 Å². The first-order valence-corrected chi connectivity index (χ1v) is 20.1. The summed E-state index contributed by atoms with van der Waals surface area (Å²) in [7, 11) is 0. The van der Waals surface area contributed by atoms with Gasteiger partial charge in [-0.05, 0) is 90.5 Å². The van der Waals surface area contributed by atoms with Crippen LogP contribution in [0.4, 0.5) is 17.1 Å². The summed E-state index contributed by atoms with van der Waals surface area (Å²) in [6.07, 6.45) is 0. The molecule has 1 aliphatic rings. The van der Waals surface area contributed by atoms with Gasteiger partial charge in [-0.3, -0.25) is 0 Å². The zero-order valence-electron chi connectivity index (χ0n) is 32.0. The smallest absolute Gasteiger partial charge is 0.0714 e. The Morgan fingerprint density at radius 1 is 0.293 bits per heavy atom. The molecule has 0 spiro atoms. The molecule has 1 aliphatic carbocycles. The summed E-state index contributed by atoms with van der Waals surface area (Å²) >= 11 is 0. The van der Waals surface area contributed by atoms with Crippen LogP contribution in [0.25, 0.3) is 54.9 Å². The lowest BCUT2D eigenvalue weighted by Crippen LogP contribution is -2.28. The number of hydrogen-bond acceptors (Lipinski definition) is 1. The second kappa shape index (κ2) is 13.9. The van der Waals surface area contributed by atoms with Crippen molar-refractivity contribution in [1.29, 1.82) is 0 Å². The molecule has 0 amide bonds. The Morgan fingerprint density at radius 3 is 1.47 bits per heavy atom. The largest absolute Gasteiger partial charge is 0.309 e. The zero-order chi connectivity index (χ0) is 38.5. The third-order valence-corrected chi connectivity index (χ3v) is 12.2. The van der Waals surface area contributed by atoms with Gasteiger partial charge >= 0.3 is 0 Å². The standard InChI is InChI=1S/C57H39N/c1-3-20-45(21-4-1)57(46-22-5-2-6-23-46)52-28-12-11-26-51(52)56-53(57)29-15-31-55(56)58(54-30-14-19-43-17-8-10-25-50(43)54)47-38-36-41(37-39-47)40-32-34-44(35-33-40)49-27-13-18-42-16-7-9-24-48(42)49/h1-39H. The highest BCUT2D eigenvalue weighted by molar-refractivity contribution is 6.04. The third-order valence-electron chi connectivity index (χ3n) is 12.2. The fourth-order valence-electron chi connectivity index (χ4n) is 9.59. The average molecular weight is 738 g/mol. The summed E-state index contributed by atoms with van der Waals surface area (Å²) in [5.74, 6) is 0. The van der Waals surface area contributed by atoms with Gasteiger partial charge in [0.25, 0.3) is 0 Å². The van der Waals surface area contributed by atoms with Gasteiger partial charge in [0.05, 0.1) is 16.8 Å². The summed E-state index contributed by atoms with van der Waals surface area (Å²) in [6.45, 7) is 0. The molecule has 1 heteroatoms. The molecule has 58 heavy (non-hydrogen) atoms. The molecular weight excluding hydrogens is 699 g/mol. The molecule has 0 saturated heterocycles. The molecule has 1 nitrogen and oxygen atoms in total. The van der Waals surface area contributed by atoms with Gasteiger partial charge in [0.2, 0.25) is 0 Å². The second-order valence-corrected chi connectivity index (χ2v) is 15.2. The molecule has 0 aliphatic heterocycles. The van der Waals surface area contributed by atoms with E-state index in [-0.39, 0.29) is 0 Å². The lowest BCUT2D eigenvalue weighted by Gasteiger charge is -2.34. The minimum Gasteiger partial charge on any atom is -0.309 e. The van der Waals surface area contributed by atoms with Crippen molar-refractivity contribution in [3.63, 3.8) is 0 Å². The maximum Gasteiger partial charge on any atom is 0.0714 e. The Bertz CT molecular complexity index is 3040. The predicted octanol–water partition coefficient (Wildman–Crippen LogP) is 15.2.